The molecule has 27 heavy (non-hydrogen) atoms. The fraction of sp³-hybridized carbons (Fsp3) is 0.550. The minimum absolute atomic E-state index is 0.00507. The first kappa shape index (κ1) is 18.3. The molecule has 0 spiro atoms. The first-order chi connectivity index (χ1) is 13.0. The van der Waals surface area contributed by atoms with Crippen molar-refractivity contribution in [1.29, 1.82) is 0 Å². The summed E-state index contributed by atoms with van der Waals surface area (Å²) in [7, 11) is 1.89. The Hall–Kier alpha value is -2.08. The number of amides is 1. The average molecular weight is 388 g/mol. The summed E-state index contributed by atoms with van der Waals surface area (Å²) >= 11 is 6.19. The van der Waals surface area contributed by atoms with Crippen LogP contribution >= 0.6 is 11.6 Å². The van der Waals surface area contributed by atoms with Crippen molar-refractivity contribution in [3.63, 3.8) is 0 Å². The summed E-state index contributed by atoms with van der Waals surface area (Å²) in [6.45, 7) is 5.71. The number of hydrogen-bond acceptors (Lipinski definition) is 4. The molecule has 6 nitrogen and oxygen atoms in total. The number of likely N-dealkylation sites (tertiary alicyclic amines) is 1. The van der Waals surface area contributed by atoms with Gasteiger partial charge in [-0.05, 0) is 48.8 Å². The molecule has 144 valence electrons. The molecule has 2 aliphatic rings. The lowest BCUT2D eigenvalue weighted by Gasteiger charge is -2.40. The van der Waals surface area contributed by atoms with Gasteiger partial charge >= 0.3 is 0 Å². The lowest BCUT2D eigenvalue weighted by Crippen LogP contribution is -2.42. The number of halogens is 1. The van der Waals surface area contributed by atoms with E-state index in [-0.39, 0.29) is 11.3 Å². The van der Waals surface area contributed by atoms with Gasteiger partial charge in [-0.15, -0.1) is 10.2 Å². The van der Waals surface area contributed by atoms with E-state index in [1.165, 1.54) is 5.56 Å². The van der Waals surface area contributed by atoms with E-state index in [0.717, 1.165) is 62.8 Å². The highest BCUT2D eigenvalue weighted by atomic mass is 35.5. The van der Waals surface area contributed by atoms with E-state index >= 15 is 0 Å². The highest BCUT2D eigenvalue weighted by Crippen LogP contribution is 2.37. The summed E-state index contributed by atoms with van der Waals surface area (Å²) in [4.78, 5) is 16.8. The SMILES string of the molecule is Cn1c(C(=O)N2CCCC2)nnc1N1CCC(C)(c2cccc(Cl)c2)CC1. The molecule has 1 aromatic carbocycles. The highest BCUT2D eigenvalue weighted by Gasteiger charge is 2.34. The maximum Gasteiger partial charge on any atom is 0.291 e. The second-order valence-corrected chi connectivity index (χ2v) is 8.38. The number of rotatable bonds is 3. The maximum absolute atomic E-state index is 12.7. The minimum Gasteiger partial charge on any atom is -0.341 e. The molecule has 0 aliphatic carbocycles. The number of carbonyl (C=O) groups is 1. The quantitative estimate of drug-likeness (QED) is 0.811. The van der Waals surface area contributed by atoms with E-state index in [9.17, 15) is 4.79 Å². The third kappa shape index (κ3) is 3.43. The summed E-state index contributed by atoms with van der Waals surface area (Å²) in [6, 6.07) is 8.18. The van der Waals surface area contributed by atoms with Crippen LogP contribution in [0.25, 0.3) is 0 Å². The van der Waals surface area contributed by atoms with Gasteiger partial charge in [0.05, 0.1) is 0 Å². The van der Waals surface area contributed by atoms with Gasteiger partial charge in [-0.3, -0.25) is 9.36 Å². The van der Waals surface area contributed by atoms with Gasteiger partial charge in [-0.1, -0.05) is 30.7 Å². The van der Waals surface area contributed by atoms with Crippen LogP contribution in [0.2, 0.25) is 5.02 Å². The van der Waals surface area contributed by atoms with Crippen LogP contribution in [0.4, 0.5) is 5.95 Å². The van der Waals surface area contributed by atoms with E-state index in [1.54, 1.807) is 0 Å². The molecule has 0 unspecified atom stereocenters. The van der Waals surface area contributed by atoms with Gasteiger partial charge < -0.3 is 9.80 Å². The minimum atomic E-state index is -0.00507. The number of carbonyl (C=O) groups excluding carboxylic acids is 1. The van der Waals surface area contributed by atoms with E-state index < -0.39 is 0 Å². The Morgan fingerprint density at radius 1 is 1.11 bits per heavy atom. The van der Waals surface area contributed by atoms with Crippen LogP contribution in [0.3, 0.4) is 0 Å². The summed E-state index contributed by atoms with van der Waals surface area (Å²) in [6.07, 6.45) is 4.17. The first-order valence-electron chi connectivity index (χ1n) is 9.68. The number of hydrogen-bond donors (Lipinski definition) is 0. The van der Waals surface area contributed by atoms with Gasteiger partial charge in [0.25, 0.3) is 5.91 Å². The Balaban J connectivity index is 1.48. The van der Waals surface area contributed by atoms with Gasteiger partial charge in [0.2, 0.25) is 11.8 Å². The molecule has 0 saturated carbocycles. The average Bonchev–Trinajstić information content (AvgIpc) is 3.32. The van der Waals surface area contributed by atoms with Crippen molar-refractivity contribution in [2.45, 2.75) is 38.0 Å². The van der Waals surface area contributed by atoms with Gasteiger partial charge in [0.15, 0.2) is 0 Å². The number of piperidine rings is 1. The predicted molar refractivity (Wildman–Crippen MR) is 106 cm³/mol. The molecular weight excluding hydrogens is 362 g/mol. The summed E-state index contributed by atoms with van der Waals surface area (Å²) < 4.78 is 1.85. The summed E-state index contributed by atoms with van der Waals surface area (Å²) in [5.41, 5.74) is 1.39. The molecule has 0 bridgehead atoms. The Labute approximate surface area is 165 Å². The molecule has 2 fully saturated rings. The third-order valence-corrected chi connectivity index (χ3v) is 6.34. The van der Waals surface area contributed by atoms with Crippen LogP contribution in [0, 0.1) is 0 Å². The maximum atomic E-state index is 12.7. The van der Waals surface area contributed by atoms with Gasteiger partial charge in [0.1, 0.15) is 0 Å². The molecule has 1 amide bonds. The molecule has 2 aromatic rings. The first-order valence-corrected chi connectivity index (χ1v) is 10.1. The van der Waals surface area contributed by atoms with Gasteiger partial charge in [-0.25, -0.2) is 0 Å². The van der Waals surface area contributed by atoms with E-state index in [0.29, 0.717) is 5.82 Å². The fourth-order valence-electron chi connectivity index (χ4n) is 4.20. The fourth-order valence-corrected chi connectivity index (χ4v) is 4.39. The third-order valence-electron chi connectivity index (χ3n) is 6.11. The van der Waals surface area contributed by atoms with Crippen LogP contribution in [-0.2, 0) is 12.5 Å². The molecule has 4 rings (SSSR count). The molecule has 2 aliphatic heterocycles. The largest absolute Gasteiger partial charge is 0.341 e. The Morgan fingerprint density at radius 3 is 2.48 bits per heavy atom. The van der Waals surface area contributed by atoms with Crippen molar-refractivity contribution >= 4 is 23.5 Å². The Bertz CT molecular complexity index is 835. The van der Waals surface area contributed by atoms with Crippen molar-refractivity contribution < 1.29 is 4.79 Å². The van der Waals surface area contributed by atoms with Gasteiger partial charge in [-0.2, -0.15) is 0 Å². The number of aromatic nitrogens is 3. The molecule has 0 N–H and O–H groups in total. The van der Waals surface area contributed by atoms with Crippen molar-refractivity contribution in [1.82, 2.24) is 19.7 Å². The van der Waals surface area contributed by atoms with Gasteiger partial charge in [0, 0.05) is 38.2 Å². The van der Waals surface area contributed by atoms with Crippen molar-refractivity contribution in [2.24, 2.45) is 7.05 Å². The van der Waals surface area contributed by atoms with Crippen LogP contribution in [-0.4, -0.2) is 51.8 Å². The number of benzene rings is 1. The van der Waals surface area contributed by atoms with Crippen molar-refractivity contribution in [3.8, 4) is 0 Å². The van der Waals surface area contributed by atoms with Crippen LogP contribution in [0.1, 0.15) is 48.8 Å². The topological polar surface area (TPSA) is 54.3 Å². The Morgan fingerprint density at radius 2 is 1.81 bits per heavy atom. The lowest BCUT2D eigenvalue weighted by molar-refractivity contribution is 0.0776. The predicted octanol–water partition coefficient (Wildman–Crippen LogP) is 3.26. The van der Waals surface area contributed by atoms with E-state index in [2.05, 4.69) is 34.2 Å². The molecule has 3 heterocycles. The van der Waals surface area contributed by atoms with Crippen LogP contribution in [0.5, 0.6) is 0 Å². The summed E-state index contributed by atoms with van der Waals surface area (Å²) in [5, 5.41) is 9.33. The number of nitrogens with zero attached hydrogens (tertiary/aromatic N) is 5. The Kier molecular flexibility index (Phi) is 4.84. The van der Waals surface area contributed by atoms with Crippen LogP contribution in [0.15, 0.2) is 24.3 Å². The molecule has 7 heteroatoms. The van der Waals surface area contributed by atoms with Crippen molar-refractivity contribution in [3.05, 3.63) is 40.7 Å². The zero-order valence-electron chi connectivity index (χ0n) is 16.0. The molecular formula is C20H26ClN5O. The molecule has 0 radical (unpaired) electrons. The normalized spacial score (nSPS) is 19.5. The van der Waals surface area contributed by atoms with E-state index in [4.69, 9.17) is 11.6 Å². The zero-order valence-corrected chi connectivity index (χ0v) is 16.7. The monoisotopic (exact) mass is 387 g/mol. The van der Waals surface area contributed by atoms with Crippen LogP contribution < -0.4 is 4.90 Å². The molecule has 0 atom stereocenters. The van der Waals surface area contributed by atoms with Crippen molar-refractivity contribution in [2.75, 3.05) is 31.1 Å². The number of anilines is 1. The zero-order chi connectivity index (χ0) is 19.0. The standard InChI is InChI=1S/C20H26ClN5O/c1-20(15-6-5-7-16(21)14-15)8-12-26(13-9-20)19-23-22-17(24(19)2)18(27)25-10-3-4-11-25/h5-7,14H,3-4,8-13H2,1-2H3. The summed E-state index contributed by atoms with van der Waals surface area (Å²) in [5.74, 6) is 1.22. The molecule has 1 aromatic heterocycles. The second kappa shape index (κ2) is 7.15. The second-order valence-electron chi connectivity index (χ2n) is 7.94. The lowest BCUT2D eigenvalue weighted by atomic mass is 9.74. The smallest absolute Gasteiger partial charge is 0.291 e. The van der Waals surface area contributed by atoms with E-state index in [1.807, 2.05) is 28.6 Å². The molecule has 2 saturated heterocycles. The highest BCUT2D eigenvalue weighted by molar-refractivity contribution is 6.30.